The van der Waals surface area contributed by atoms with E-state index in [1.807, 2.05) is 30.9 Å². The number of aromatic nitrogens is 2. The lowest BCUT2D eigenvalue weighted by molar-refractivity contribution is -0.132. The zero-order chi connectivity index (χ0) is 23.4. The quantitative estimate of drug-likeness (QED) is 0.617. The summed E-state index contributed by atoms with van der Waals surface area (Å²) in [6, 6.07) is 6.22. The minimum Gasteiger partial charge on any atom is -0.388 e. The van der Waals surface area contributed by atoms with Gasteiger partial charge in [-0.05, 0) is 43.4 Å². The number of azo groups is 1. The molecule has 9 nitrogen and oxygen atoms in total. The van der Waals surface area contributed by atoms with Gasteiger partial charge in [-0.2, -0.15) is 10.2 Å². The SMILES string of the molecule is CCC(=O)N(Cc1ccc2c(c1)C(C)N=N2)CC1CCN(c2ncc(C(=O)CO)cn2)CC1. The number of aliphatic hydroxyl groups is 1. The molecule has 2 aromatic rings. The molecule has 1 unspecified atom stereocenters. The van der Waals surface area contributed by atoms with Crippen LogP contribution in [0.1, 0.15) is 60.6 Å². The zero-order valence-electron chi connectivity index (χ0n) is 19.1. The Kier molecular flexibility index (Phi) is 7.08. The van der Waals surface area contributed by atoms with Crippen molar-refractivity contribution in [1.29, 1.82) is 0 Å². The summed E-state index contributed by atoms with van der Waals surface area (Å²) in [4.78, 5) is 36.9. The lowest BCUT2D eigenvalue weighted by Gasteiger charge is -2.35. The molecule has 1 atom stereocenters. The van der Waals surface area contributed by atoms with E-state index >= 15 is 0 Å². The molecule has 1 aromatic carbocycles. The molecule has 0 saturated carbocycles. The van der Waals surface area contributed by atoms with E-state index in [1.54, 1.807) is 0 Å². The number of piperidine rings is 1. The fourth-order valence-electron chi connectivity index (χ4n) is 4.38. The minimum absolute atomic E-state index is 0.0673. The largest absolute Gasteiger partial charge is 0.388 e. The second-order valence-corrected chi connectivity index (χ2v) is 8.70. The molecule has 1 N–H and O–H groups in total. The fraction of sp³-hybridized carbons (Fsp3) is 0.500. The van der Waals surface area contributed by atoms with Crippen molar-refractivity contribution in [3.63, 3.8) is 0 Å². The Morgan fingerprint density at radius 2 is 1.91 bits per heavy atom. The predicted molar refractivity (Wildman–Crippen MR) is 123 cm³/mol. The topological polar surface area (TPSA) is 111 Å². The van der Waals surface area contributed by atoms with Crippen LogP contribution in [0, 0.1) is 5.92 Å². The highest BCUT2D eigenvalue weighted by atomic mass is 16.3. The molecular weight excluding hydrogens is 420 g/mol. The smallest absolute Gasteiger partial charge is 0.225 e. The standard InChI is InChI=1S/C24H30N6O3/c1-3-23(33)30(14-18-4-5-21-20(10-18)16(2)27-28-21)13-17-6-8-29(9-7-17)24-25-11-19(12-26-24)22(32)15-31/h4-5,10-12,16-17,31H,3,6-9,13-15H2,1-2H3. The molecule has 0 spiro atoms. The van der Waals surface area contributed by atoms with E-state index in [-0.39, 0.29) is 17.7 Å². The summed E-state index contributed by atoms with van der Waals surface area (Å²) in [5.41, 5.74) is 3.46. The number of nitrogens with zero attached hydrogens (tertiary/aromatic N) is 6. The summed E-state index contributed by atoms with van der Waals surface area (Å²) in [6.07, 6.45) is 5.29. The highest BCUT2D eigenvalue weighted by molar-refractivity contribution is 5.96. The average molecular weight is 451 g/mol. The maximum absolute atomic E-state index is 12.7. The number of anilines is 1. The molecule has 174 valence electrons. The maximum Gasteiger partial charge on any atom is 0.225 e. The van der Waals surface area contributed by atoms with E-state index in [0.717, 1.165) is 49.3 Å². The second-order valence-electron chi connectivity index (χ2n) is 8.70. The van der Waals surface area contributed by atoms with Crippen molar-refractivity contribution in [1.82, 2.24) is 14.9 Å². The van der Waals surface area contributed by atoms with Crippen LogP contribution in [0.3, 0.4) is 0 Å². The minimum atomic E-state index is -0.545. The first kappa shape index (κ1) is 23.0. The molecular formula is C24H30N6O3. The van der Waals surface area contributed by atoms with Gasteiger partial charge >= 0.3 is 0 Å². The van der Waals surface area contributed by atoms with Crippen molar-refractivity contribution in [3.8, 4) is 0 Å². The summed E-state index contributed by atoms with van der Waals surface area (Å²) < 4.78 is 0. The number of carbonyl (C=O) groups is 2. The monoisotopic (exact) mass is 450 g/mol. The summed E-state index contributed by atoms with van der Waals surface area (Å²) in [6.45, 7) is 6.31. The van der Waals surface area contributed by atoms with Crippen molar-refractivity contribution in [2.75, 3.05) is 31.1 Å². The van der Waals surface area contributed by atoms with Crippen molar-refractivity contribution < 1.29 is 14.7 Å². The summed E-state index contributed by atoms with van der Waals surface area (Å²) >= 11 is 0. The van der Waals surface area contributed by atoms with Crippen LogP contribution in [0.5, 0.6) is 0 Å². The van der Waals surface area contributed by atoms with E-state index in [9.17, 15) is 9.59 Å². The Bertz CT molecular complexity index is 1030. The van der Waals surface area contributed by atoms with Gasteiger partial charge in [0.2, 0.25) is 11.9 Å². The van der Waals surface area contributed by atoms with Crippen molar-refractivity contribution in [2.45, 2.75) is 45.7 Å². The Morgan fingerprint density at radius 3 is 2.58 bits per heavy atom. The van der Waals surface area contributed by atoms with Gasteiger partial charge in [0.25, 0.3) is 0 Å². The zero-order valence-corrected chi connectivity index (χ0v) is 19.1. The first-order chi connectivity index (χ1) is 16.0. The second kappa shape index (κ2) is 10.2. The summed E-state index contributed by atoms with van der Waals surface area (Å²) in [5.74, 6) is 0.772. The van der Waals surface area contributed by atoms with Gasteiger partial charge < -0.3 is 14.9 Å². The third-order valence-electron chi connectivity index (χ3n) is 6.39. The molecule has 2 aliphatic heterocycles. The van der Waals surface area contributed by atoms with Crippen LogP contribution in [0.2, 0.25) is 0 Å². The molecule has 0 radical (unpaired) electrons. The number of hydrogen-bond acceptors (Lipinski definition) is 8. The van der Waals surface area contributed by atoms with Gasteiger partial charge in [0.1, 0.15) is 6.61 Å². The van der Waals surface area contributed by atoms with Crippen LogP contribution >= 0.6 is 0 Å². The molecule has 1 saturated heterocycles. The van der Waals surface area contributed by atoms with E-state index in [2.05, 4.69) is 31.2 Å². The number of hydrogen-bond donors (Lipinski definition) is 1. The Hall–Kier alpha value is -3.20. The number of Topliss-reactive ketones (excluding diaryl/α,β-unsaturated/α-hetero) is 1. The van der Waals surface area contributed by atoms with Gasteiger partial charge in [-0.1, -0.05) is 13.0 Å². The Labute approximate surface area is 193 Å². The van der Waals surface area contributed by atoms with Gasteiger partial charge in [-0.15, -0.1) is 0 Å². The van der Waals surface area contributed by atoms with Crippen LogP contribution in [0.4, 0.5) is 11.6 Å². The first-order valence-electron chi connectivity index (χ1n) is 11.5. The van der Waals surface area contributed by atoms with Gasteiger partial charge in [-0.3, -0.25) is 9.59 Å². The van der Waals surface area contributed by atoms with Crippen LogP contribution in [-0.2, 0) is 11.3 Å². The van der Waals surface area contributed by atoms with Crippen LogP contribution in [0.15, 0.2) is 40.8 Å². The molecule has 33 heavy (non-hydrogen) atoms. The molecule has 1 amide bonds. The van der Waals surface area contributed by atoms with E-state index < -0.39 is 6.61 Å². The van der Waals surface area contributed by atoms with E-state index in [0.29, 0.717) is 30.4 Å². The van der Waals surface area contributed by atoms with Crippen LogP contribution in [0.25, 0.3) is 0 Å². The molecule has 9 heteroatoms. The van der Waals surface area contributed by atoms with Gasteiger partial charge in [0.15, 0.2) is 5.78 Å². The first-order valence-corrected chi connectivity index (χ1v) is 11.5. The highest BCUT2D eigenvalue weighted by Crippen LogP contribution is 2.36. The van der Waals surface area contributed by atoms with Gasteiger partial charge in [0, 0.05) is 50.6 Å². The molecule has 1 fully saturated rings. The van der Waals surface area contributed by atoms with Crippen molar-refractivity contribution in [3.05, 3.63) is 47.3 Å². The number of fused-ring (bicyclic) bond motifs is 1. The number of rotatable bonds is 8. The van der Waals surface area contributed by atoms with E-state index in [1.165, 1.54) is 12.4 Å². The van der Waals surface area contributed by atoms with E-state index in [4.69, 9.17) is 5.11 Å². The molecule has 4 rings (SSSR count). The molecule has 0 aliphatic carbocycles. The highest BCUT2D eigenvalue weighted by Gasteiger charge is 2.25. The number of aliphatic hydroxyl groups excluding tert-OH is 1. The third kappa shape index (κ3) is 5.24. The molecule has 3 heterocycles. The van der Waals surface area contributed by atoms with Crippen molar-refractivity contribution >= 4 is 23.3 Å². The Morgan fingerprint density at radius 1 is 1.18 bits per heavy atom. The predicted octanol–water partition coefficient (Wildman–Crippen LogP) is 3.47. The third-order valence-corrected chi connectivity index (χ3v) is 6.39. The number of benzene rings is 1. The van der Waals surface area contributed by atoms with Gasteiger partial charge in [0.05, 0.1) is 17.3 Å². The number of carbonyl (C=O) groups excluding carboxylic acids is 2. The number of amides is 1. The van der Waals surface area contributed by atoms with Crippen LogP contribution < -0.4 is 4.90 Å². The van der Waals surface area contributed by atoms with Crippen molar-refractivity contribution in [2.24, 2.45) is 16.1 Å². The normalized spacial score (nSPS) is 17.8. The summed E-state index contributed by atoms with van der Waals surface area (Å²) in [7, 11) is 0. The van der Waals surface area contributed by atoms with Gasteiger partial charge in [-0.25, -0.2) is 9.97 Å². The lowest BCUT2D eigenvalue weighted by atomic mass is 9.95. The summed E-state index contributed by atoms with van der Waals surface area (Å²) in [5, 5.41) is 17.4. The molecule has 2 aliphatic rings. The molecule has 1 aromatic heterocycles. The number of ketones is 1. The maximum atomic E-state index is 12.7. The lowest BCUT2D eigenvalue weighted by Crippen LogP contribution is -2.41. The fourth-order valence-corrected chi connectivity index (χ4v) is 4.38. The van der Waals surface area contributed by atoms with Crippen LogP contribution in [-0.4, -0.2) is 57.9 Å². The average Bonchev–Trinajstić information content (AvgIpc) is 3.23. The Balaban J connectivity index is 1.35. The molecule has 0 bridgehead atoms.